The Labute approximate surface area is 116 Å². The molecule has 1 fully saturated rings. The lowest BCUT2D eigenvalue weighted by Gasteiger charge is -2.37. The van der Waals surface area contributed by atoms with Crippen LogP contribution in [0.1, 0.15) is 29.6 Å². The fourth-order valence-electron chi connectivity index (χ4n) is 1.99. The number of aliphatic hydroxyl groups is 1. The van der Waals surface area contributed by atoms with Crippen molar-refractivity contribution < 1.29 is 9.90 Å². The Morgan fingerprint density at radius 2 is 2.22 bits per heavy atom. The van der Waals surface area contributed by atoms with Crippen molar-refractivity contribution in [2.24, 2.45) is 0 Å². The van der Waals surface area contributed by atoms with E-state index in [1.54, 1.807) is 4.90 Å². The number of halogens is 2. The van der Waals surface area contributed by atoms with Crippen LogP contribution in [0.25, 0.3) is 0 Å². The minimum absolute atomic E-state index is 0.0569. The van der Waals surface area contributed by atoms with E-state index in [0.717, 1.165) is 19.3 Å². The summed E-state index contributed by atoms with van der Waals surface area (Å²) in [6, 6.07) is 1.67. The molecule has 6 heteroatoms. The summed E-state index contributed by atoms with van der Waals surface area (Å²) in [6.45, 7) is 0.262. The maximum Gasteiger partial charge on any atom is 0.255 e. The van der Waals surface area contributed by atoms with E-state index in [-0.39, 0.29) is 28.7 Å². The highest BCUT2D eigenvalue weighted by molar-refractivity contribution is 6.35. The van der Waals surface area contributed by atoms with Gasteiger partial charge in [0.2, 0.25) is 0 Å². The highest BCUT2D eigenvalue weighted by atomic mass is 35.5. The molecule has 1 aromatic heterocycles. The lowest BCUT2D eigenvalue weighted by molar-refractivity contribution is 0.0526. The van der Waals surface area contributed by atoms with Crippen molar-refractivity contribution in [2.45, 2.75) is 25.3 Å². The van der Waals surface area contributed by atoms with E-state index < -0.39 is 0 Å². The van der Waals surface area contributed by atoms with Crippen molar-refractivity contribution in [3.8, 4) is 0 Å². The molecule has 1 heterocycles. The molecule has 0 aromatic carbocycles. The molecule has 1 aliphatic carbocycles. The first-order valence-corrected chi connectivity index (χ1v) is 6.62. The van der Waals surface area contributed by atoms with E-state index in [2.05, 4.69) is 4.98 Å². The third-order valence-corrected chi connectivity index (χ3v) is 3.68. The van der Waals surface area contributed by atoms with E-state index in [4.69, 9.17) is 28.3 Å². The summed E-state index contributed by atoms with van der Waals surface area (Å²) in [5.41, 5.74) is 0.344. The van der Waals surface area contributed by atoms with E-state index in [0.29, 0.717) is 12.1 Å². The maximum absolute atomic E-state index is 12.4. The largest absolute Gasteiger partial charge is 0.395 e. The van der Waals surface area contributed by atoms with E-state index in [1.807, 2.05) is 0 Å². The van der Waals surface area contributed by atoms with Gasteiger partial charge >= 0.3 is 0 Å². The summed E-state index contributed by atoms with van der Waals surface area (Å²) in [5.74, 6) is -0.192. The maximum atomic E-state index is 12.4. The molecule has 1 N–H and O–H groups in total. The van der Waals surface area contributed by atoms with Crippen molar-refractivity contribution in [1.29, 1.82) is 0 Å². The highest BCUT2D eigenvalue weighted by Gasteiger charge is 2.30. The fraction of sp³-hybridized carbons (Fsp3) is 0.500. The van der Waals surface area contributed by atoms with Crippen LogP contribution in [0, 0.1) is 0 Å². The third kappa shape index (κ3) is 2.76. The average molecular weight is 289 g/mol. The van der Waals surface area contributed by atoms with Gasteiger partial charge in [0.15, 0.2) is 0 Å². The molecule has 0 atom stereocenters. The zero-order valence-electron chi connectivity index (χ0n) is 9.77. The van der Waals surface area contributed by atoms with E-state index in [1.165, 1.54) is 12.3 Å². The van der Waals surface area contributed by atoms with Gasteiger partial charge in [-0.05, 0) is 25.3 Å². The second-order valence-corrected chi connectivity index (χ2v) is 5.09. The molecular formula is C12H14Cl2N2O2. The van der Waals surface area contributed by atoms with Gasteiger partial charge < -0.3 is 10.0 Å². The third-order valence-electron chi connectivity index (χ3n) is 3.17. The zero-order valence-corrected chi connectivity index (χ0v) is 11.3. The van der Waals surface area contributed by atoms with Gasteiger partial charge in [-0.3, -0.25) is 4.79 Å². The van der Waals surface area contributed by atoms with Gasteiger partial charge in [-0.2, -0.15) is 0 Å². The standard InChI is InChI=1S/C12H14Cl2N2O2/c13-10-7-15-11(14)6-9(10)12(18)16(4-5-17)8-2-1-3-8/h6-8,17H,1-5H2. The Bertz CT molecular complexity index is 450. The predicted molar refractivity (Wildman–Crippen MR) is 70.0 cm³/mol. The van der Waals surface area contributed by atoms with Crippen LogP contribution in [0.5, 0.6) is 0 Å². The number of amides is 1. The molecule has 1 saturated carbocycles. The molecule has 0 spiro atoms. The first kappa shape index (κ1) is 13.6. The molecule has 1 aromatic rings. The number of carbonyl (C=O) groups is 1. The lowest BCUT2D eigenvalue weighted by atomic mass is 9.91. The summed E-state index contributed by atoms with van der Waals surface area (Å²) in [6.07, 6.45) is 4.43. The first-order valence-electron chi connectivity index (χ1n) is 5.86. The van der Waals surface area contributed by atoms with E-state index in [9.17, 15) is 4.79 Å². The van der Waals surface area contributed by atoms with Crippen LogP contribution < -0.4 is 0 Å². The molecule has 0 aliphatic heterocycles. The molecule has 0 unspecified atom stereocenters. The number of nitrogens with zero attached hydrogens (tertiary/aromatic N) is 2. The molecule has 0 radical (unpaired) electrons. The average Bonchev–Trinajstić information content (AvgIpc) is 2.28. The quantitative estimate of drug-likeness (QED) is 0.866. The Kier molecular flexibility index (Phi) is 4.43. The predicted octanol–water partition coefficient (Wildman–Crippen LogP) is 2.38. The van der Waals surface area contributed by atoms with Crippen molar-refractivity contribution in [3.63, 3.8) is 0 Å². The van der Waals surface area contributed by atoms with Crippen molar-refractivity contribution in [2.75, 3.05) is 13.2 Å². The van der Waals surface area contributed by atoms with Gasteiger partial charge in [0.05, 0.1) is 17.2 Å². The molecule has 1 aliphatic rings. The number of pyridine rings is 1. The van der Waals surface area contributed by atoms with Gasteiger partial charge in [0.25, 0.3) is 5.91 Å². The van der Waals surface area contributed by atoms with Crippen LogP contribution in [0.3, 0.4) is 0 Å². The summed E-state index contributed by atoms with van der Waals surface area (Å²) in [7, 11) is 0. The molecule has 18 heavy (non-hydrogen) atoms. The number of aromatic nitrogens is 1. The number of rotatable bonds is 4. The van der Waals surface area contributed by atoms with Gasteiger partial charge in [0.1, 0.15) is 5.15 Å². The Morgan fingerprint density at radius 1 is 1.50 bits per heavy atom. The number of aliphatic hydroxyl groups excluding tert-OH is 1. The smallest absolute Gasteiger partial charge is 0.255 e. The van der Waals surface area contributed by atoms with Crippen LogP contribution >= 0.6 is 23.2 Å². The SMILES string of the molecule is O=C(c1cc(Cl)ncc1Cl)N(CCO)C1CCC1. The molecular weight excluding hydrogens is 275 g/mol. The van der Waals surface area contributed by atoms with Gasteiger partial charge in [0, 0.05) is 18.8 Å². The van der Waals surface area contributed by atoms with Gasteiger partial charge in [-0.1, -0.05) is 23.2 Å². The minimum atomic E-state index is -0.192. The normalized spacial score (nSPS) is 15.3. The topological polar surface area (TPSA) is 53.4 Å². The summed E-state index contributed by atoms with van der Waals surface area (Å²) < 4.78 is 0. The Hall–Kier alpha value is -0.840. The molecule has 4 nitrogen and oxygen atoms in total. The van der Waals surface area contributed by atoms with Gasteiger partial charge in [-0.15, -0.1) is 0 Å². The monoisotopic (exact) mass is 288 g/mol. The van der Waals surface area contributed by atoms with Crippen LogP contribution in [-0.4, -0.2) is 40.1 Å². The molecule has 0 bridgehead atoms. The Morgan fingerprint density at radius 3 is 2.78 bits per heavy atom. The van der Waals surface area contributed by atoms with Crippen LogP contribution in [-0.2, 0) is 0 Å². The second-order valence-electron chi connectivity index (χ2n) is 4.29. The van der Waals surface area contributed by atoms with Crippen molar-refractivity contribution in [1.82, 2.24) is 9.88 Å². The summed E-state index contributed by atoms with van der Waals surface area (Å²) in [4.78, 5) is 17.9. The molecule has 98 valence electrons. The summed E-state index contributed by atoms with van der Waals surface area (Å²) in [5, 5.41) is 9.58. The second kappa shape index (κ2) is 5.87. The minimum Gasteiger partial charge on any atom is -0.395 e. The van der Waals surface area contributed by atoms with Crippen LogP contribution in [0.2, 0.25) is 10.2 Å². The zero-order chi connectivity index (χ0) is 13.1. The lowest BCUT2D eigenvalue weighted by Crippen LogP contribution is -2.45. The molecule has 0 saturated heterocycles. The summed E-state index contributed by atoms with van der Waals surface area (Å²) >= 11 is 11.8. The fourth-order valence-corrected chi connectivity index (χ4v) is 2.33. The number of hydrogen-bond donors (Lipinski definition) is 1. The van der Waals surface area contributed by atoms with E-state index >= 15 is 0 Å². The van der Waals surface area contributed by atoms with Crippen molar-refractivity contribution in [3.05, 3.63) is 28.0 Å². The van der Waals surface area contributed by atoms with Crippen LogP contribution in [0.15, 0.2) is 12.3 Å². The number of carbonyl (C=O) groups excluding carboxylic acids is 1. The number of hydrogen-bond acceptors (Lipinski definition) is 3. The highest BCUT2D eigenvalue weighted by Crippen LogP contribution is 2.28. The Balaban J connectivity index is 2.23. The molecule has 2 rings (SSSR count). The van der Waals surface area contributed by atoms with Gasteiger partial charge in [-0.25, -0.2) is 4.98 Å². The first-order chi connectivity index (χ1) is 8.63. The van der Waals surface area contributed by atoms with Crippen LogP contribution in [0.4, 0.5) is 0 Å². The van der Waals surface area contributed by atoms with Crippen molar-refractivity contribution >= 4 is 29.1 Å². The molecule has 1 amide bonds.